The molecule has 0 radical (unpaired) electrons. The first kappa shape index (κ1) is 14.9. The highest BCUT2D eigenvalue weighted by atomic mass is 79.9. The van der Waals surface area contributed by atoms with Crippen LogP contribution in [0.25, 0.3) is 0 Å². The average Bonchev–Trinajstić information content (AvgIpc) is 2.64. The van der Waals surface area contributed by atoms with E-state index in [1.54, 1.807) is 0 Å². The molecule has 0 aliphatic heterocycles. The number of hydrogen-bond donors (Lipinski definition) is 0. The smallest absolute Gasteiger partial charge is 0.122 e. The molecule has 0 saturated heterocycles. The number of halogens is 1. The summed E-state index contributed by atoms with van der Waals surface area (Å²) in [6.45, 7) is 5.11. The highest BCUT2D eigenvalue weighted by Crippen LogP contribution is 2.37. The van der Waals surface area contributed by atoms with Crippen molar-refractivity contribution in [2.45, 2.75) is 52.4 Å². The zero-order valence-corrected chi connectivity index (χ0v) is 13.8. The number of benzene rings is 1. The van der Waals surface area contributed by atoms with Gasteiger partial charge >= 0.3 is 0 Å². The first-order valence-corrected chi connectivity index (χ1v) is 8.53. The summed E-state index contributed by atoms with van der Waals surface area (Å²) in [6, 6.07) is 6.45. The molecule has 1 aromatic rings. The predicted octanol–water partition coefficient (Wildman–Crippen LogP) is 5.42. The minimum atomic E-state index is 0.341. The summed E-state index contributed by atoms with van der Waals surface area (Å²) >= 11 is 3.73. The van der Waals surface area contributed by atoms with E-state index in [1.165, 1.54) is 49.7 Å². The standard InChI is InChI=1S/C17H25BrO/c1-14-7-8-16(15(2)11-14)19-13-17(12-18)9-5-3-4-6-10-17/h7-8,11H,3-6,9-10,12-13H2,1-2H3. The van der Waals surface area contributed by atoms with Gasteiger partial charge in [0.2, 0.25) is 0 Å². The lowest BCUT2D eigenvalue weighted by Gasteiger charge is -2.31. The molecule has 2 rings (SSSR count). The van der Waals surface area contributed by atoms with Crippen LogP contribution in [0.3, 0.4) is 0 Å². The molecular weight excluding hydrogens is 300 g/mol. The maximum atomic E-state index is 6.15. The molecule has 0 spiro atoms. The molecule has 1 aromatic carbocycles. The van der Waals surface area contributed by atoms with Crippen molar-refractivity contribution in [2.24, 2.45) is 5.41 Å². The van der Waals surface area contributed by atoms with Gasteiger partial charge in [-0.25, -0.2) is 0 Å². The van der Waals surface area contributed by atoms with E-state index >= 15 is 0 Å². The van der Waals surface area contributed by atoms with E-state index in [4.69, 9.17) is 4.74 Å². The molecule has 1 fully saturated rings. The number of alkyl halides is 1. The molecule has 0 atom stereocenters. The Bertz CT molecular complexity index is 406. The topological polar surface area (TPSA) is 9.23 Å². The van der Waals surface area contributed by atoms with Crippen LogP contribution in [-0.4, -0.2) is 11.9 Å². The first-order chi connectivity index (χ1) is 9.15. The number of aryl methyl sites for hydroxylation is 2. The van der Waals surface area contributed by atoms with E-state index < -0.39 is 0 Å². The molecule has 0 N–H and O–H groups in total. The Balaban J connectivity index is 2.02. The Morgan fingerprint density at radius 2 is 1.79 bits per heavy atom. The quantitative estimate of drug-likeness (QED) is 0.531. The summed E-state index contributed by atoms with van der Waals surface area (Å²) in [5, 5.41) is 1.06. The minimum absolute atomic E-state index is 0.341. The average molecular weight is 325 g/mol. The maximum Gasteiger partial charge on any atom is 0.122 e. The molecular formula is C17H25BrO. The van der Waals surface area contributed by atoms with Crippen LogP contribution in [0, 0.1) is 19.3 Å². The van der Waals surface area contributed by atoms with Crippen molar-refractivity contribution in [3.63, 3.8) is 0 Å². The van der Waals surface area contributed by atoms with Gasteiger partial charge in [0.05, 0.1) is 6.61 Å². The summed E-state index contributed by atoms with van der Waals surface area (Å²) in [6.07, 6.45) is 8.06. The number of ether oxygens (including phenoxy) is 1. The van der Waals surface area contributed by atoms with E-state index in [0.717, 1.165) is 17.7 Å². The lowest BCUT2D eigenvalue weighted by atomic mass is 9.83. The summed E-state index contributed by atoms with van der Waals surface area (Å²) in [5.74, 6) is 1.05. The Kier molecular flexibility index (Phi) is 5.32. The monoisotopic (exact) mass is 324 g/mol. The van der Waals surface area contributed by atoms with Crippen molar-refractivity contribution in [1.29, 1.82) is 0 Å². The zero-order chi connectivity index (χ0) is 13.7. The van der Waals surface area contributed by atoms with E-state index in [-0.39, 0.29) is 0 Å². The second kappa shape index (κ2) is 6.78. The molecule has 1 nitrogen and oxygen atoms in total. The number of hydrogen-bond acceptors (Lipinski definition) is 1. The highest BCUT2D eigenvalue weighted by molar-refractivity contribution is 9.09. The molecule has 2 heteroatoms. The van der Waals surface area contributed by atoms with Gasteiger partial charge in [0.1, 0.15) is 5.75 Å². The summed E-state index contributed by atoms with van der Waals surface area (Å²) in [7, 11) is 0. The van der Waals surface area contributed by atoms with Gasteiger partial charge in [-0.3, -0.25) is 0 Å². The number of rotatable bonds is 4. The molecule has 106 valence electrons. The summed E-state index contributed by atoms with van der Waals surface area (Å²) in [4.78, 5) is 0. The van der Waals surface area contributed by atoms with Gasteiger partial charge in [-0.2, -0.15) is 0 Å². The van der Waals surface area contributed by atoms with Crippen LogP contribution in [0.1, 0.15) is 49.7 Å². The van der Waals surface area contributed by atoms with Crippen LogP contribution < -0.4 is 4.74 Å². The SMILES string of the molecule is Cc1ccc(OCC2(CBr)CCCCCC2)c(C)c1. The molecule has 1 saturated carbocycles. The predicted molar refractivity (Wildman–Crippen MR) is 85.3 cm³/mol. The maximum absolute atomic E-state index is 6.15. The van der Waals surface area contributed by atoms with Crippen LogP contribution in [0.4, 0.5) is 0 Å². The fraction of sp³-hybridized carbons (Fsp3) is 0.647. The van der Waals surface area contributed by atoms with Crippen molar-refractivity contribution < 1.29 is 4.74 Å². The third-order valence-electron chi connectivity index (χ3n) is 4.31. The van der Waals surface area contributed by atoms with Crippen LogP contribution in [0.2, 0.25) is 0 Å². The van der Waals surface area contributed by atoms with Crippen LogP contribution in [-0.2, 0) is 0 Å². The zero-order valence-electron chi connectivity index (χ0n) is 12.2. The van der Waals surface area contributed by atoms with Crippen LogP contribution in [0.15, 0.2) is 18.2 Å². The molecule has 0 heterocycles. The Morgan fingerprint density at radius 1 is 1.11 bits per heavy atom. The molecule has 0 bridgehead atoms. The fourth-order valence-corrected chi connectivity index (χ4v) is 3.71. The molecule has 1 aliphatic carbocycles. The molecule has 0 amide bonds. The third kappa shape index (κ3) is 3.98. The van der Waals surface area contributed by atoms with Gasteiger partial charge in [-0.15, -0.1) is 0 Å². The largest absolute Gasteiger partial charge is 0.493 e. The van der Waals surface area contributed by atoms with Crippen molar-refractivity contribution in [3.05, 3.63) is 29.3 Å². The second-order valence-electron chi connectivity index (χ2n) is 6.11. The van der Waals surface area contributed by atoms with Gasteiger partial charge in [-0.05, 0) is 38.3 Å². The van der Waals surface area contributed by atoms with Gasteiger partial charge in [-0.1, -0.05) is 59.3 Å². The van der Waals surface area contributed by atoms with E-state index in [9.17, 15) is 0 Å². The van der Waals surface area contributed by atoms with Crippen LogP contribution >= 0.6 is 15.9 Å². The lowest BCUT2D eigenvalue weighted by molar-refractivity contribution is 0.148. The van der Waals surface area contributed by atoms with Crippen molar-refractivity contribution in [1.82, 2.24) is 0 Å². The van der Waals surface area contributed by atoms with Crippen molar-refractivity contribution >= 4 is 15.9 Å². The first-order valence-electron chi connectivity index (χ1n) is 7.41. The van der Waals surface area contributed by atoms with Crippen molar-refractivity contribution in [3.8, 4) is 5.75 Å². The molecule has 0 unspecified atom stereocenters. The van der Waals surface area contributed by atoms with E-state index in [2.05, 4.69) is 48.0 Å². The van der Waals surface area contributed by atoms with Gasteiger partial charge in [0, 0.05) is 10.7 Å². The third-order valence-corrected chi connectivity index (χ3v) is 5.50. The normalized spacial score (nSPS) is 18.9. The van der Waals surface area contributed by atoms with Crippen LogP contribution in [0.5, 0.6) is 5.75 Å². The Hall–Kier alpha value is -0.500. The van der Waals surface area contributed by atoms with E-state index in [0.29, 0.717) is 5.41 Å². The molecule has 19 heavy (non-hydrogen) atoms. The molecule has 1 aliphatic rings. The lowest BCUT2D eigenvalue weighted by Crippen LogP contribution is -2.30. The van der Waals surface area contributed by atoms with Gasteiger partial charge in [0.15, 0.2) is 0 Å². The highest BCUT2D eigenvalue weighted by Gasteiger charge is 2.30. The Morgan fingerprint density at radius 3 is 2.37 bits per heavy atom. The fourth-order valence-electron chi connectivity index (χ4n) is 2.99. The van der Waals surface area contributed by atoms with Crippen molar-refractivity contribution in [2.75, 3.05) is 11.9 Å². The van der Waals surface area contributed by atoms with Gasteiger partial charge < -0.3 is 4.74 Å². The van der Waals surface area contributed by atoms with Gasteiger partial charge in [0.25, 0.3) is 0 Å². The molecule has 0 aromatic heterocycles. The second-order valence-corrected chi connectivity index (χ2v) is 6.67. The Labute approximate surface area is 125 Å². The summed E-state index contributed by atoms with van der Waals surface area (Å²) < 4.78 is 6.15. The van der Waals surface area contributed by atoms with E-state index in [1.807, 2.05) is 0 Å². The summed E-state index contributed by atoms with van der Waals surface area (Å²) in [5.41, 5.74) is 2.89. The minimum Gasteiger partial charge on any atom is -0.493 e.